The highest BCUT2D eigenvalue weighted by molar-refractivity contribution is 5.92. The Morgan fingerprint density at radius 2 is 2.15 bits per heavy atom. The summed E-state index contributed by atoms with van der Waals surface area (Å²) in [5.74, 6) is -1.16. The SMILES string of the molecule is CCOC(=O)/C(C#N)=C/N=c1ccn(CC(N)=O)cc1. The Labute approximate surface area is 115 Å². The lowest BCUT2D eigenvalue weighted by atomic mass is 10.3. The molecule has 0 aromatic carbocycles. The van der Waals surface area contributed by atoms with Crippen molar-refractivity contribution in [2.45, 2.75) is 13.5 Å². The first-order valence-corrected chi connectivity index (χ1v) is 5.82. The maximum absolute atomic E-state index is 11.3. The molecule has 0 radical (unpaired) electrons. The zero-order valence-corrected chi connectivity index (χ0v) is 10.9. The van der Waals surface area contributed by atoms with Gasteiger partial charge in [-0.1, -0.05) is 0 Å². The number of hydrogen-bond acceptors (Lipinski definition) is 5. The van der Waals surface area contributed by atoms with Gasteiger partial charge in [-0.25, -0.2) is 4.79 Å². The monoisotopic (exact) mass is 274 g/mol. The lowest BCUT2D eigenvalue weighted by Gasteiger charge is -2.01. The van der Waals surface area contributed by atoms with Crippen molar-refractivity contribution < 1.29 is 14.3 Å². The van der Waals surface area contributed by atoms with E-state index in [0.717, 1.165) is 6.20 Å². The van der Waals surface area contributed by atoms with Gasteiger partial charge in [-0.2, -0.15) is 5.26 Å². The van der Waals surface area contributed by atoms with Crippen LogP contribution in [0.5, 0.6) is 0 Å². The normalized spacial score (nSPS) is 10.5. The largest absolute Gasteiger partial charge is 0.462 e. The fraction of sp³-hybridized carbons (Fsp3) is 0.231. The molecule has 0 aliphatic rings. The Hall–Kier alpha value is -2.88. The summed E-state index contributed by atoms with van der Waals surface area (Å²) in [6.07, 6.45) is 4.38. The predicted octanol–water partition coefficient (Wildman–Crippen LogP) is -0.155. The van der Waals surface area contributed by atoms with Crippen molar-refractivity contribution in [1.29, 1.82) is 5.26 Å². The number of carbonyl (C=O) groups excluding carboxylic acids is 2. The zero-order valence-electron chi connectivity index (χ0n) is 10.9. The molecule has 0 aliphatic carbocycles. The Balaban J connectivity index is 2.91. The number of esters is 1. The number of hydrogen-bond donors (Lipinski definition) is 1. The molecule has 2 N–H and O–H groups in total. The quantitative estimate of drug-likeness (QED) is 0.457. The molecule has 7 heteroatoms. The fourth-order valence-electron chi connectivity index (χ4n) is 1.30. The summed E-state index contributed by atoms with van der Waals surface area (Å²) in [5, 5.41) is 9.34. The molecule has 1 aromatic heterocycles. The zero-order chi connectivity index (χ0) is 15.0. The molecular weight excluding hydrogens is 260 g/mol. The number of pyridine rings is 1. The van der Waals surface area contributed by atoms with Gasteiger partial charge in [0.25, 0.3) is 0 Å². The molecule has 1 heterocycles. The third-order valence-corrected chi connectivity index (χ3v) is 2.17. The molecule has 0 spiro atoms. The number of rotatable bonds is 5. The van der Waals surface area contributed by atoms with Crippen LogP contribution in [0.15, 0.2) is 41.3 Å². The van der Waals surface area contributed by atoms with E-state index in [4.69, 9.17) is 15.7 Å². The van der Waals surface area contributed by atoms with Crippen LogP contribution in [0.4, 0.5) is 0 Å². The second-order valence-corrected chi connectivity index (χ2v) is 3.70. The van der Waals surface area contributed by atoms with Crippen molar-refractivity contribution in [3.05, 3.63) is 41.7 Å². The van der Waals surface area contributed by atoms with Gasteiger partial charge in [-0.15, -0.1) is 0 Å². The van der Waals surface area contributed by atoms with Crippen LogP contribution in [0, 0.1) is 11.3 Å². The molecule has 1 rings (SSSR count). The van der Waals surface area contributed by atoms with Gasteiger partial charge in [0.2, 0.25) is 5.91 Å². The van der Waals surface area contributed by atoms with Gasteiger partial charge in [0.05, 0.1) is 18.2 Å². The number of aromatic nitrogens is 1. The summed E-state index contributed by atoms with van der Waals surface area (Å²) in [6.45, 7) is 1.91. The van der Waals surface area contributed by atoms with E-state index in [1.807, 2.05) is 0 Å². The number of amides is 1. The second-order valence-electron chi connectivity index (χ2n) is 3.70. The van der Waals surface area contributed by atoms with Gasteiger partial charge < -0.3 is 15.0 Å². The molecule has 1 amide bonds. The lowest BCUT2D eigenvalue weighted by Crippen LogP contribution is -2.19. The maximum atomic E-state index is 11.3. The number of carbonyl (C=O) groups is 2. The first kappa shape index (κ1) is 15.2. The van der Waals surface area contributed by atoms with E-state index in [-0.39, 0.29) is 18.7 Å². The number of nitriles is 1. The van der Waals surface area contributed by atoms with Crippen LogP contribution in [-0.2, 0) is 20.9 Å². The molecule has 7 nitrogen and oxygen atoms in total. The van der Waals surface area contributed by atoms with Gasteiger partial charge in [0.1, 0.15) is 12.6 Å². The van der Waals surface area contributed by atoms with Gasteiger partial charge in [-0.3, -0.25) is 9.79 Å². The first-order chi connectivity index (χ1) is 9.56. The Bertz CT molecular complexity index is 617. The smallest absolute Gasteiger partial charge is 0.350 e. The van der Waals surface area contributed by atoms with Crippen molar-refractivity contribution in [3.8, 4) is 6.07 Å². The standard InChI is InChI=1S/C13H14N4O3/c1-2-20-13(19)10(7-14)8-16-11-3-5-17(6-4-11)9-12(15)18/h3-6,8H,2,9H2,1H3,(H2,15,18)/b10-8+. The molecule has 1 aromatic rings. The minimum absolute atomic E-state index is 0.0718. The number of primary amides is 1. The Morgan fingerprint density at radius 1 is 1.50 bits per heavy atom. The molecule has 0 aliphatic heterocycles. The van der Waals surface area contributed by atoms with Gasteiger partial charge >= 0.3 is 5.97 Å². The highest BCUT2D eigenvalue weighted by Gasteiger charge is 2.08. The molecular formula is C13H14N4O3. The van der Waals surface area contributed by atoms with E-state index < -0.39 is 11.9 Å². The van der Waals surface area contributed by atoms with Crippen molar-refractivity contribution in [2.75, 3.05) is 6.61 Å². The number of nitrogens with two attached hydrogens (primary N) is 1. The van der Waals surface area contributed by atoms with Crippen LogP contribution >= 0.6 is 0 Å². The second kappa shape index (κ2) is 7.53. The van der Waals surface area contributed by atoms with E-state index in [1.165, 1.54) is 0 Å². The third kappa shape index (κ3) is 4.78. The van der Waals surface area contributed by atoms with Crippen LogP contribution < -0.4 is 11.1 Å². The molecule has 0 saturated heterocycles. The van der Waals surface area contributed by atoms with Crippen LogP contribution in [0.2, 0.25) is 0 Å². The Kier molecular flexibility index (Phi) is 5.72. The van der Waals surface area contributed by atoms with E-state index >= 15 is 0 Å². The van der Waals surface area contributed by atoms with Gasteiger partial charge in [-0.05, 0) is 19.1 Å². The molecule has 0 saturated carbocycles. The van der Waals surface area contributed by atoms with E-state index in [1.54, 1.807) is 42.1 Å². The maximum Gasteiger partial charge on any atom is 0.350 e. The minimum Gasteiger partial charge on any atom is -0.462 e. The molecule has 104 valence electrons. The fourth-order valence-corrected chi connectivity index (χ4v) is 1.30. The van der Waals surface area contributed by atoms with Crippen molar-refractivity contribution in [1.82, 2.24) is 4.57 Å². The summed E-state index contributed by atoms with van der Waals surface area (Å²) < 4.78 is 6.29. The summed E-state index contributed by atoms with van der Waals surface area (Å²) in [6, 6.07) is 4.97. The molecule has 20 heavy (non-hydrogen) atoms. The molecule has 0 atom stereocenters. The lowest BCUT2D eigenvalue weighted by molar-refractivity contribution is -0.138. The van der Waals surface area contributed by atoms with Crippen molar-refractivity contribution in [3.63, 3.8) is 0 Å². The predicted molar refractivity (Wildman–Crippen MR) is 69.5 cm³/mol. The van der Waals surface area contributed by atoms with Gasteiger partial charge in [0, 0.05) is 12.4 Å². The average Bonchev–Trinajstić information content (AvgIpc) is 2.41. The highest BCUT2D eigenvalue weighted by Crippen LogP contribution is 1.96. The van der Waals surface area contributed by atoms with Crippen LogP contribution in [-0.4, -0.2) is 23.1 Å². The Morgan fingerprint density at radius 3 is 2.65 bits per heavy atom. The van der Waals surface area contributed by atoms with E-state index in [2.05, 4.69) is 4.99 Å². The van der Waals surface area contributed by atoms with E-state index in [0.29, 0.717) is 5.36 Å². The van der Waals surface area contributed by atoms with Crippen molar-refractivity contribution >= 4 is 11.9 Å². The molecule has 0 unspecified atom stereocenters. The highest BCUT2D eigenvalue weighted by atomic mass is 16.5. The van der Waals surface area contributed by atoms with E-state index in [9.17, 15) is 9.59 Å². The molecule has 0 bridgehead atoms. The number of ether oxygens (including phenoxy) is 1. The van der Waals surface area contributed by atoms with Crippen molar-refractivity contribution in [2.24, 2.45) is 10.7 Å². The summed E-state index contributed by atoms with van der Waals surface area (Å²) >= 11 is 0. The third-order valence-electron chi connectivity index (χ3n) is 2.17. The average molecular weight is 274 g/mol. The van der Waals surface area contributed by atoms with Crippen LogP contribution in [0.3, 0.4) is 0 Å². The summed E-state index contributed by atoms with van der Waals surface area (Å²) in [4.78, 5) is 26.1. The number of nitrogens with zero attached hydrogens (tertiary/aromatic N) is 3. The van der Waals surface area contributed by atoms with Crippen LogP contribution in [0.25, 0.3) is 0 Å². The summed E-state index contributed by atoms with van der Waals surface area (Å²) in [7, 11) is 0. The topological polar surface area (TPSA) is 110 Å². The first-order valence-electron chi connectivity index (χ1n) is 5.82. The molecule has 0 fully saturated rings. The summed E-state index contributed by atoms with van der Waals surface area (Å²) in [5.41, 5.74) is 4.88. The minimum atomic E-state index is -0.710. The van der Waals surface area contributed by atoms with Gasteiger partial charge in [0.15, 0.2) is 5.57 Å². The van der Waals surface area contributed by atoms with Crippen LogP contribution in [0.1, 0.15) is 6.92 Å².